The van der Waals surface area contributed by atoms with E-state index < -0.39 is 0 Å². The maximum atomic E-state index is 5.94. The Morgan fingerprint density at radius 1 is 1.13 bits per heavy atom. The van der Waals surface area contributed by atoms with Crippen LogP contribution in [0.2, 0.25) is 0 Å². The van der Waals surface area contributed by atoms with E-state index in [4.69, 9.17) is 9.47 Å². The van der Waals surface area contributed by atoms with Gasteiger partial charge in [0.2, 0.25) is 5.88 Å². The summed E-state index contributed by atoms with van der Waals surface area (Å²) in [6.45, 7) is 6.56. The lowest BCUT2D eigenvalue weighted by Crippen LogP contribution is -2.46. The van der Waals surface area contributed by atoms with Crippen molar-refractivity contribution >= 4 is 29.9 Å². The SMILES string of the molecule is CN=C(NCc1ccnc(Oc2ccc(C)c(C)c2)c1)NCC1(CCOC)CCC1.I. The number of nitrogens with zero attached hydrogens (tertiary/aromatic N) is 2. The van der Waals surface area contributed by atoms with Gasteiger partial charge in [-0.3, -0.25) is 4.99 Å². The van der Waals surface area contributed by atoms with Crippen LogP contribution in [0.3, 0.4) is 0 Å². The summed E-state index contributed by atoms with van der Waals surface area (Å²) in [7, 11) is 3.58. The summed E-state index contributed by atoms with van der Waals surface area (Å²) in [5.41, 5.74) is 3.88. The molecule has 0 spiro atoms. The van der Waals surface area contributed by atoms with E-state index in [0.29, 0.717) is 17.8 Å². The molecule has 2 aromatic rings. The standard InChI is InChI=1S/C24H34N4O2.HI/c1-18-6-7-21(14-19(18)2)30-22-15-20(8-12-26-22)16-27-23(25-3)28-17-24(9-5-10-24)11-13-29-4;/h6-8,12,14-15H,5,9-11,13,16-17H2,1-4H3,(H2,25,27,28);1H. The predicted molar refractivity (Wildman–Crippen MR) is 137 cm³/mol. The zero-order chi connectivity index (χ0) is 21.4. The Kier molecular flexibility index (Phi) is 10.0. The number of aryl methyl sites for hydroxylation is 2. The summed E-state index contributed by atoms with van der Waals surface area (Å²) in [6.07, 6.45) is 6.68. The average Bonchev–Trinajstić information content (AvgIpc) is 2.72. The minimum absolute atomic E-state index is 0. The number of aliphatic imine (C=N–C) groups is 1. The van der Waals surface area contributed by atoms with Crippen molar-refractivity contribution in [2.75, 3.05) is 27.3 Å². The van der Waals surface area contributed by atoms with Crippen LogP contribution in [0.1, 0.15) is 42.4 Å². The van der Waals surface area contributed by atoms with Gasteiger partial charge in [-0.1, -0.05) is 12.5 Å². The molecular formula is C24H35IN4O2. The maximum Gasteiger partial charge on any atom is 0.219 e. The third-order valence-electron chi connectivity index (χ3n) is 6.07. The van der Waals surface area contributed by atoms with E-state index in [1.54, 1.807) is 20.4 Å². The van der Waals surface area contributed by atoms with E-state index in [0.717, 1.165) is 36.8 Å². The molecule has 1 heterocycles. The predicted octanol–water partition coefficient (Wildman–Crippen LogP) is 4.98. The molecule has 1 saturated carbocycles. The molecule has 1 aliphatic rings. The normalized spacial score (nSPS) is 14.9. The van der Waals surface area contributed by atoms with Gasteiger partial charge < -0.3 is 20.1 Å². The molecule has 1 aromatic carbocycles. The van der Waals surface area contributed by atoms with Crippen LogP contribution < -0.4 is 15.4 Å². The van der Waals surface area contributed by atoms with Gasteiger partial charge in [0.05, 0.1) is 0 Å². The Morgan fingerprint density at radius 3 is 2.58 bits per heavy atom. The second-order valence-electron chi connectivity index (χ2n) is 8.23. The third kappa shape index (κ3) is 7.35. The minimum Gasteiger partial charge on any atom is -0.439 e. The number of methoxy groups -OCH3 is 1. The first kappa shape index (κ1) is 25.4. The van der Waals surface area contributed by atoms with Crippen LogP contribution in [-0.4, -0.2) is 38.3 Å². The van der Waals surface area contributed by atoms with Gasteiger partial charge in [-0.15, -0.1) is 24.0 Å². The number of pyridine rings is 1. The number of hydrogen-bond donors (Lipinski definition) is 2. The second kappa shape index (κ2) is 12.2. The largest absolute Gasteiger partial charge is 0.439 e. The van der Waals surface area contributed by atoms with Gasteiger partial charge in [-0.2, -0.15) is 0 Å². The van der Waals surface area contributed by atoms with Gasteiger partial charge >= 0.3 is 0 Å². The molecule has 2 N–H and O–H groups in total. The minimum atomic E-state index is 0. The lowest BCUT2D eigenvalue weighted by molar-refractivity contribution is 0.0732. The summed E-state index contributed by atoms with van der Waals surface area (Å²) < 4.78 is 11.2. The Labute approximate surface area is 203 Å². The van der Waals surface area contributed by atoms with E-state index in [2.05, 4.69) is 40.5 Å². The number of nitrogens with one attached hydrogen (secondary N) is 2. The number of halogens is 1. The fourth-order valence-corrected chi connectivity index (χ4v) is 3.70. The number of aromatic nitrogens is 1. The van der Waals surface area contributed by atoms with Crippen molar-refractivity contribution in [3.05, 3.63) is 53.2 Å². The molecule has 0 atom stereocenters. The number of ether oxygens (including phenoxy) is 2. The van der Waals surface area contributed by atoms with E-state index in [1.807, 2.05) is 24.3 Å². The molecule has 6 nitrogen and oxygen atoms in total. The number of guanidine groups is 1. The molecule has 1 aliphatic carbocycles. The van der Waals surface area contributed by atoms with E-state index in [1.165, 1.54) is 30.4 Å². The number of rotatable bonds is 9. The van der Waals surface area contributed by atoms with Gasteiger partial charge in [-0.05, 0) is 73.4 Å². The Bertz CT molecular complexity index is 868. The monoisotopic (exact) mass is 538 g/mol. The average molecular weight is 538 g/mol. The third-order valence-corrected chi connectivity index (χ3v) is 6.07. The molecule has 7 heteroatoms. The van der Waals surface area contributed by atoms with Gasteiger partial charge in [0, 0.05) is 46.1 Å². The molecule has 1 fully saturated rings. The number of benzene rings is 1. The Balaban J connectivity index is 0.00000341. The zero-order valence-corrected chi connectivity index (χ0v) is 21.4. The molecule has 170 valence electrons. The lowest BCUT2D eigenvalue weighted by atomic mass is 9.67. The van der Waals surface area contributed by atoms with E-state index >= 15 is 0 Å². The summed E-state index contributed by atoms with van der Waals surface area (Å²) >= 11 is 0. The molecule has 0 aliphatic heterocycles. The first-order chi connectivity index (χ1) is 14.5. The molecule has 0 amide bonds. The van der Waals surface area contributed by atoms with Crippen LogP contribution in [0.5, 0.6) is 11.6 Å². The van der Waals surface area contributed by atoms with Gasteiger partial charge in [-0.25, -0.2) is 4.98 Å². The fourth-order valence-electron chi connectivity index (χ4n) is 3.70. The van der Waals surface area contributed by atoms with Crippen molar-refractivity contribution in [1.29, 1.82) is 0 Å². The molecule has 0 saturated heterocycles. The van der Waals surface area contributed by atoms with Crippen LogP contribution >= 0.6 is 24.0 Å². The van der Waals surface area contributed by atoms with Crippen molar-refractivity contribution in [3.63, 3.8) is 0 Å². The topological polar surface area (TPSA) is 67.8 Å². The number of hydrogen-bond acceptors (Lipinski definition) is 4. The van der Waals surface area contributed by atoms with Gasteiger partial charge in [0.15, 0.2) is 5.96 Å². The van der Waals surface area contributed by atoms with Crippen LogP contribution in [0, 0.1) is 19.3 Å². The lowest BCUT2D eigenvalue weighted by Gasteiger charge is -2.42. The molecule has 0 unspecified atom stereocenters. The summed E-state index contributed by atoms with van der Waals surface area (Å²) in [5.74, 6) is 2.20. The maximum absolute atomic E-state index is 5.94. The smallest absolute Gasteiger partial charge is 0.219 e. The first-order valence-corrected chi connectivity index (χ1v) is 10.7. The zero-order valence-electron chi connectivity index (χ0n) is 19.0. The molecule has 3 rings (SSSR count). The highest BCUT2D eigenvalue weighted by molar-refractivity contribution is 14.0. The van der Waals surface area contributed by atoms with Crippen molar-refractivity contribution < 1.29 is 9.47 Å². The van der Waals surface area contributed by atoms with Gasteiger partial charge in [0.25, 0.3) is 0 Å². The highest BCUT2D eigenvalue weighted by Gasteiger charge is 2.36. The fraction of sp³-hybridized carbons (Fsp3) is 0.500. The van der Waals surface area contributed by atoms with Crippen molar-refractivity contribution in [2.45, 2.75) is 46.1 Å². The quantitative estimate of drug-likeness (QED) is 0.268. The van der Waals surface area contributed by atoms with Crippen LogP contribution in [0.15, 0.2) is 41.5 Å². The van der Waals surface area contributed by atoms with Crippen LogP contribution in [-0.2, 0) is 11.3 Å². The molecular weight excluding hydrogens is 503 g/mol. The van der Waals surface area contributed by atoms with Crippen LogP contribution in [0.25, 0.3) is 0 Å². The van der Waals surface area contributed by atoms with Crippen molar-refractivity contribution in [3.8, 4) is 11.6 Å². The molecule has 0 radical (unpaired) electrons. The molecule has 1 aromatic heterocycles. The Morgan fingerprint density at radius 2 is 1.94 bits per heavy atom. The Hall–Kier alpha value is -1.87. The van der Waals surface area contributed by atoms with Gasteiger partial charge in [0.1, 0.15) is 5.75 Å². The second-order valence-corrected chi connectivity index (χ2v) is 8.23. The molecule has 0 bridgehead atoms. The highest BCUT2D eigenvalue weighted by Crippen LogP contribution is 2.43. The summed E-state index contributed by atoms with van der Waals surface area (Å²) in [6, 6.07) is 10.0. The first-order valence-electron chi connectivity index (χ1n) is 10.7. The summed E-state index contributed by atoms with van der Waals surface area (Å²) in [4.78, 5) is 8.71. The van der Waals surface area contributed by atoms with E-state index in [-0.39, 0.29) is 24.0 Å². The highest BCUT2D eigenvalue weighted by atomic mass is 127. The van der Waals surface area contributed by atoms with Crippen LogP contribution in [0.4, 0.5) is 0 Å². The molecule has 31 heavy (non-hydrogen) atoms. The van der Waals surface area contributed by atoms with Crippen molar-refractivity contribution in [1.82, 2.24) is 15.6 Å². The van der Waals surface area contributed by atoms with E-state index in [9.17, 15) is 0 Å². The van der Waals surface area contributed by atoms with Crippen molar-refractivity contribution in [2.24, 2.45) is 10.4 Å². The summed E-state index contributed by atoms with van der Waals surface area (Å²) in [5, 5.41) is 6.89.